The average Bonchev–Trinajstić information content (AvgIpc) is 2.45. The van der Waals surface area contributed by atoms with Gasteiger partial charge in [-0.3, -0.25) is 0 Å². The maximum absolute atomic E-state index is 11.3. The number of rotatable bonds is 9. The summed E-state index contributed by atoms with van der Waals surface area (Å²) in [5.41, 5.74) is 0. The molecular weight excluding hydrogens is 260 g/mol. The van der Waals surface area contributed by atoms with Gasteiger partial charge in [0.25, 0.3) is 0 Å². The summed E-state index contributed by atoms with van der Waals surface area (Å²) in [7, 11) is 1.59. The van der Waals surface area contributed by atoms with Gasteiger partial charge in [0.2, 0.25) is 0 Å². The molecule has 1 aromatic rings. The fourth-order valence-electron chi connectivity index (χ4n) is 1.48. The second kappa shape index (κ2) is 9.91. The molecule has 1 rings (SSSR count). The zero-order valence-corrected chi connectivity index (χ0v) is 12.0. The average molecular weight is 282 g/mol. The van der Waals surface area contributed by atoms with Crippen molar-refractivity contribution in [3.05, 3.63) is 24.3 Å². The maximum atomic E-state index is 11.3. The van der Waals surface area contributed by atoms with Crippen LogP contribution in [0.2, 0.25) is 0 Å². The molecule has 0 heterocycles. The fraction of sp³-hybridized carbons (Fsp3) is 0.500. The van der Waals surface area contributed by atoms with Gasteiger partial charge in [-0.1, -0.05) is 6.07 Å². The third-order valence-electron chi connectivity index (χ3n) is 2.36. The van der Waals surface area contributed by atoms with E-state index in [1.165, 1.54) is 0 Å². The van der Waals surface area contributed by atoms with Gasteiger partial charge in [0, 0.05) is 19.7 Å². The van der Waals surface area contributed by atoms with Crippen LogP contribution in [0.15, 0.2) is 24.3 Å². The number of ether oxygens (including phenoxy) is 3. The highest BCUT2D eigenvalue weighted by Crippen LogP contribution is 2.18. The van der Waals surface area contributed by atoms with Crippen molar-refractivity contribution in [2.75, 3.05) is 40.0 Å². The first-order valence-corrected chi connectivity index (χ1v) is 6.62. The van der Waals surface area contributed by atoms with Crippen LogP contribution in [0.25, 0.3) is 0 Å². The second-order valence-corrected chi connectivity index (χ2v) is 3.93. The van der Waals surface area contributed by atoms with Gasteiger partial charge in [-0.15, -0.1) is 0 Å². The monoisotopic (exact) mass is 282 g/mol. The number of carbonyl (C=O) groups is 1. The van der Waals surface area contributed by atoms with Gasteiger partial charge < -0.3 is 24.8 Å². The van der Waals surface area contributed by atoms with Crippen LogP contribution >= 0.6 is 0 Å². The van der Waals surface area contributed by atoms with E-state index in [1.807, 2.05) is 31.2 Å². The molecule has 0 atom stereocenters. The Labute approximate surface area is 119 Å². The summed E-state index contributed by atoms with van der Waals surface area (Å²) in [6, 6.07) is 7.18. The Morgan fingerprint density at radius 2 is 1.75 bits per heavy atom. The lowest BCUT2D eigenvalue weighted by Gasteiger charge is -2.10. The molecule has 6 nitrogen and oxygen atoms in total. The van der Waals surface area contributed by atoms with E-state index in [0.717, 1.165) is 11.5 Å². The molecule has 0 saturated heterocycles. The van der Waals surface area contributed by atoms with E-state index in [-0.39, 0.29) is 6.03 Å². The van der Waals surface area contributed by atoms with E-state index < -0.39 is 0 Å². The van der Waals surface area contributed by atoms with Crippen LogP contribution in [0.3, 0.4) is 0 Å². The highest BCUT2D eigenvalue weighted by molar-refractivity contribution is 5.73. The van der Waals surface area contributed by atoms with E-state index in [4.69, 9.17) is 14.2 Å². The summed E-state index contributed by atoms with van der Waals surface area (Å²) in [5.74, 6) is 1.49. The molecule has 0 radical (unpaired) electrons. The Morgan fingerprint density at radius 1 is 1.10 bits per heavy atom. The molecule has 20 heavy (non-hydrogen) atoms. The van der Waals surface area contributed by atoms with Crippen LogP contribution in [-0.4, -0.2) is 46.1 Å². The van der Waals surface area contributed by atoms with E-state index in [0.29, 0.717) is 32.9 Å². The standard InChI is InChI=1S/C14H22N2O4/c1-3-19-12-5-4-6-13(11-12)20-10-8-16-14(17)15-7-9-18-2/h4-6,11H,3,7-10H2,1-2H3,(H2,15,16,17). The van der Waals surface area contributed by atoms with E-state index in [9.17, 15) is 4.79 Å². The Balaban J connectivity index is 2.17. The summed E-state index contributed by atoms with van der Waals surface area (Å²) < 4.78 is 15.7. The van der Waals surface area contributed by atoms with Crippen molar-refractivity contribution in [1.82, 2.24) is 10.6 Å². The number of carbonyl (C=O) groups excluding carboxylic acids is 1. The van der Waals surface area contributed by atoms with Crippen LogP contribution < -0.4 is 20.1 Å². The van der Waals surface area contributed by atoms with Crippen molar-refractivity contribution < 1.29 is 19.0 Å². The summed E-state index contributed by atoms with van der Waals surface area (Å²) in [6.45, 7) is 4.35. The number of benzene rings is 1. The Morgan fingerprint density at radius 3 is 2.40 bits per heavy atom. The Bertz CT molecular complexity index is 399. The third-order valence-corrected chi connectivity index (χ3v) is 2.36. The lowest BCUT2D eigenvalue weighted by molar-refractivity contribution is 0.195. The molecule has 0 saturated carbocycles. The molecule has 0 aliphatic rings. The van der Waals surface area contributed by atoms with Gasteiger partial charge in [0.05, 0.1) is 19.8 Å². The highest BCUT2D eigenvalue weighted by Gasteiger charge is 2.00. The first-order valence-electron chi connectivity index (χ1n) is 6.62. The molecule has 0 aliphatic carbocycles. The number of amides is 2. The largest absolute Gasteiger partial charge is 0.494 e. The molecule has 0 unspecified atom stereocenters. The number of hydrogen-bond donors (Lipinski definition) is 2. The van der Waals surface area contributed by atoms with Crippen LogP contribution in [0.1, 0.15) is 6.92 Å². The maximum Gasteiger partial charge on any atom is 0.314 e. The molecule has 0 aliphatic heterocycles. The summed E-state index contributed by atoms with van der Waals surface area (Å²) in [6.07, 6.45) is 0. The molecule has 2 N–H and O–H groups in total. The van der Waals surface area contributed by atoms with Crippen molar-refractivity contribution in [3.8, 4) is 11.5 Å². The van der Waals surface area contributed by atoms with Gasteiger partial charge in [-0.2, -0.15) is 0 Å². The van der Waals surface area contributed by atoms with E-state index in [1.54, 1.807) is 7.11 Å². The topological polar surface area (TPSA) is 68.8 Å². The minimum absolute atomic E-state index is 0.228. The lowest BCUT2D eigenvalue weighted by Crippen LogP contribution is -2.39. The predicted molar refractivity (Wildman–Crippen MR) is 76.4 cm³/mol. The van der Waals surface area contributed by atoms with Gasteiger partial charge in [-0.05, 0) is 19.1 Å². The molecule has 0 spiro atoms. The second-order valence-electron chi connectivity index (χ2n) is 3.93. The van der Waals surface area contributed by atoms with Crippen LogP contribution in [0, 0.1) is 0 Å². The molecule has 0 bridgehead atoms. The number of hydrogen-bond acceptors (Lipinski definition) is 4. The normalized spacial score (nSPS) is 9.90. The number of nitrogens with one attached hydrogen (secondary N) is 2. The first-order chi connectivity index (χ1) is 9.76. The van der Waals surface area contributed by atoms with E-state index >= 15 is 0 Å². The highest BCUT2D eigenvalue weighted by atomic mass is 16.5. The zero-order valence-electron chi connectivity index (χ0n) is 12.0. The smallest absolute Gasteiger partial charge is 0.314 e. The zero-order chi connectivity index (χ0) is 14.6. The van der Waals surface area contributed by atoms with Gasteiger partial charge in [-0.25, -0.2) is 4.79 Å². The molecule has 0 aromatic heterocycles. The van der Waals surface area contributed by atoms with Crippen LogP contribution in [-0.2, 0) is 4.74 Å². The van der Waals surface area contributed by atoms with Gasteiger partial charge in [0.1, 0.15) is 18.1 Å². The molecule has 1 aromatic carbocycles. The first kappa shape index (κ1) is 16.1. The molecule has 0 fully saturated rings. The SMILES string of the molecule is CCOc1cccc(OCCNC(=O)NCCOC)c1. The van der Waals surface area contributed by atoms with Crippen molar-refractivity contribution in [2.45, 2.75) is 6.92 Å². The molecule has 6 heteroatoms. The summed E-state index contributed by atoms with van der Waals surface area (Å²) >= 11 is 0. The van der Waals surface area contributed by atoms with Crippen molar-refractivity contribution >= 4 is 6.03 Å². The Hall–Kier alpha value is -1.95. The quantitative estimate of drug-likeness (QED) is 0.672. The minimum Gasteiger partial charge on any atom is -0.494 e. The number of methoxy groups -OCH3 is 1. The Kier molecular flexibility index (Phi) is 7.98. The van der Waals surface area contributed by atoms with Gasteiger partial charge >= 0.3 is 6.03 Å². The van der Waals surface area contributed by atoms with Crippen molar-refractivity contribution in [2.24, 2.45) is 0 Å². The van der Waals surface area contributed by atoms with Crippen molar-refractivity contribution in [3.63, 3.8) is 0 Å². The predicted octanol–water partition coefficient (Wildman–Crippen LogP) is 1.41. The number of urea groups is 1. The fourth-order valence-corrected chi connectivity index (χ4v) is 1.48. The minimum atomic E-state index is -0.228. The van der Waals surface area contributed by atoms with Crippen LogP contribution in [0.4, 0.5) is 4.79 Å². The van der Waals surface area contributed by atoms with Crippen molar-refractivity contribution in [1.29, 1.82) is 0 Å². The van der Waals surface area contributed by atoms with Crippen LogP contribution in [0.5, 0.6) is 11.5 Å². The summed E-state index contributed by atoms with van der Waals surface area (Å²) in [5, 5.41) is 5.35. The van der Waals surface area contributed by atoms with E-state index in [2.05, 4.69) is 10.6 Å². The summed E-state index contributed by atoms with van der Waals surface area (Å²) in [4.78, 5) is 11.3. The molecule has 112 valence electrons. The molecular formula is C14H22N2O4. The van der Waals surface area contributed by atoms with Gasteiger partial charge in [0.15, 0.2) is 0 Å². The third kappa shape index (κ3) is 6.84. The lowest BCUT2D eigenvalue weighted by atomic mass is 10.3. The molecule has 2 amide bonds.